The number of anilines is 2. The molecule has 0 aliphatic carbocycles. The van der Waals surface area contributed by atoms with E-state index in [9.17, 15) is 30.8 Å². The number of carbonyl (C=O) groups excluding carboxylic acids is 1. The number of carbonyl (C=O) groups is 1. The van der Waals surface area contributed by atoms with Gasteiger partial charge in [-0.3, -0.25) is 9.52 Å². The second kappa shape index (κ2) is 10.4. The Morgan fingerprint density at radius 2 is 1.80 bits per heavy atom. The Morgan fingerprint density at radius 3 is 2.37 bits per heavy atom. The Labute approximate surface area is 202 Å². The van der Waals surface area contributed by atoms with E-state index in [1.54, 1.807) is 6.92 Å². The summed E-state index contributed by atoms with van der Waals surface area (Å²) in [5.74, 6) is -1.53. The smallest absolute Gasteiger partial charge is 0.371 e. The molecule has 0 aromatic heterocycles. The van der Waals surface area contributed by atoms with Gasteiger partial charge in [-0.2, -0.15) is 13.2 Å². The van der Waals surface area contributed by atoms with Gasteiger partial charge < -0.3 is 10.2 Å². The molecular weight excluding hydrogens is 486 g/mol. The number of piperidine rings is 1. The average molecular weight is 516 g/mol. The van der Waals surface area contributed by atoms with Crippen LogP contribution in [0.3, 0.4) is 0 Å². The van der Waals surface area contributed by atoms with Gasteiger partial charge in [0.05, 0.1) is 23.4 Å². The summed E-state index contributed by atoms with van der Waals surface area (Å²) in [6.07, 6.45) is -1.84. The molecule has 1 fully saturated rings. The van der Waals surface area contributed by atoms with Crippen molar-refractivity contribution in [3.8, 4) is 0 Å². The van der Waals surface area contributed by atoms with Crippen LogP contribution in [0, 0.1) is 11.7 Å². The summed E-state index contributed by atoms with van der Waals surface area (Å²) < 4.78 is 79.0. The van der Waals surface area contributed by atoms with Crippen LogP contribution in [0.1, 0.15) is 49.3 Å². The van der Waals surface area contributed by atoms with E-state index in [2.05, 4.69) is 17.0 Å². The number of benzene rings is 2. The van der Waals surface area contributed by atoms with Crippen LogP contribution in [0.5, 0.6) is 0 Å². The van der Waals surface area contributed by atoms with Gasteiger partial charge in [0, 0.05) is 25.3 Å². The lowest BCUT2D eigenvalue weighted by Crippen LogP contribution is -2.35. The van der Waals surface area contributed by atoms with Crippen LogP contribution in [0.15, 0.2) is 36.4 Å². The molecule has 3 rings (SSSR count). The van der Waals surface area contributed by atoms with Crippen LogP contribution in [-0.4, -0.2) is 33.7 Å². The highest BCUT2D eigenvalue weighted by molar-refractivity contribution is 7.92. The number of alkyl halides is 3. The zero-order valence-electron chi connectivity index (χ0n) is 19.7. The SMILES string of the molecule is CC1CCN(c2cc(C(F)(F)F)ccc2CNC(=O)[C@H](C)c2ccc(NS(C)(=O)=O)c(F)c2)CC1. The van der Waals surface area contributed by atoms with E-state index in [4.69, 9.17) is 0 Å². The van der Waals surface area contributed by atoms with Crippen molar-refractivity contribution in [3.05, 3.63) is 58.9 Å². The number of nitrogens with zero attached hydrogens (tertiary/aromatic N) is 1. The fourth-order valence-corrected chi connectivity index (χ4v) is 4.57. The third-order valence-corrected chi connectivity index (χ3v) is 6.76. The molecule has 2 aromatic rings. The fourth-order valence-electron chi connectivity index (χ4n) is 4.00. The first kappa shape index (κ1) is 26.8. The van der Waals surface area contributed by atoms with E-state index in [1.807, 2.05) is 4.90 Å². The van der Waals surface area contributed by atoms with Crippen LogP contribution in [0.2, 0.25) is 0 Å². The number of nitrogens with one attached hydrogen (secondary N) is 2. The van der Waals surface area contributed by atoms with Crippen molar-refractivity contribution in [2.45, 2.75) is 45.3 Å². The summed E-state index contributed by atoms with van der Waals surface area (Å²) >= 11 is 0. The molecule has 192 valence electrons. The van der Waals surface area contributed by atoms with Gasteiger partial charge >= 0.3 is 6.18 Å². The van der Waals surface area contributed by atoms with Crippen molar-refractivity contribution >= 4 is 27.3 Å². The quantitative estimate of drug-likeness (QED) is 0.516. The van der Waals surface area contributed by atoms with Crippen LogP contribution in [-0.2, 0) is 27.5 Å². The van der Waals surface area contributed by atoms with Gasteiger partial charge in [-0.25, -0.2) is 12.8 Å². The van der Waals surface area contributed by atoms with E-state index < -0.39 is 39.4 Å². The Kier molecular flexibility index (Phi) is 7.98. The monoisotopic (exact) mass is 515 g/mol. The molecule has 0 saturated carbocycles. The number of sulfonamides is 1. The molecule has 6 nitrogen and oxygen atoms in total. The lowest BCUT2D eigenvalue weighted by atomic mass is 9.97. The lowest BCUT2D eigenvalue weighted by Gasteiger charge is -2.34. The molecular formula is C24H29F4N3O3S. The zero-order valence-corrected chi connectivity index (χ0v) is 20.6. The maximum atomic E-state index is 14.3. The van der Waals surface area contributed by atoms with Crippen LogP contribution in [0.25, 0.3) is 0 Å². The third kappa shape index (κ3) is 7.09. The highest BCUT2D eigenvalue weighted by Gasteiger charge is 2.32. The van der Waals surface area contributed by atoms with Crippen LogP contribution in [0.4, 0.5) is 28.9 Å². The first-order valence-electron chi connectivity index (χ1n) is 11.2. The largest absolute Gasteiger partial charge is 0.416 e. The van der Waals surface area contributed by atoms with Gasteiger partial charge in [-0.1, -0.05) is 19.1 Å². The van der Waals surface area contributed by atoms with E-state index in [1.165, 1.54) is 18.2 Å². The maximum absolute atomic E-state index is 14.3. The number of rotatable bonds is 7. The van der Waals surface area contributed by atoms with Gasteiger partial charge in [0.1, 0.15) is 5.82 Å². The second-order valence-electron chi connectivity index (χ2n) is 9.06. The number of amides is 1. The summed E-state index contributed by atoms with van der Waals surface area (Å²) in [6.45, 7) is 4.95. The summed E-state index contributed by atoms with van der Waals surface area (Å²) in [5.41, 5.74) is 0.368. The summed E-state index contributed by atoms with van der Waals surface area (Å²) in [6, 6.07) is 7.27. The minimum atomic E-state index is -4.48. The van der Waals surface area contributed by atoms with Gasteiger partial charge in [0.2, 0.25) is 15.9 Å². The molecule has 2 aromatic carbocycles. The molecule has 11 heteroatoms. The molecule has 2 N–H and O–H groups in total. The predicted octanol–water partition coefficient (Wildman–Crippen LogP) is 4.87. The van der Waals surface area contributed by atoms with Gasteiger partial charge in [0.15, 0.2) is 0 Å². The van der Waals surface area contributed by atoms with Crippen molar-refractivity contribution in [2.24, 2.45) is 5.92 Å². The summed E-state index contributed by atoms with van der Waals surface area (Å²) in [4.78, 5) is 14.7. The minimum absolute atomic E-state index is 0.0128. The molecule has 1 amide bonds. The molecule has 0 bridgehead atoms. The molecule has 1 atom stereocenters. The third-order valence-electron chi connectivity index (χ3n) is 6.17. The zero-order chi connectivity index (χ0) is 26.0. The fraction of sp³-hybridized carbons (Fsp3) is 0.458. The molecule has 1 saturated heterocycles. The Morgan fingerprint density at radius 1 is 1.14 bits per heavy atom. The first-order chi connectivity index (χ1) is 16.2. The number of hydrogen-bond donors (Lipinski definition) is 2. The van der Waals surface area contributed by atoms with Crippen molar-refractivity contribution in [1.29, 1.82) is 0 Å². The molecule has 1 aliphatic rings. The summed E-state index contributed by atoms with van der Waals surface area (Å²) in [5, 5.41) is 2.74. The Hall–Kier alpha value is -2.82. The van der Waals surface area contributed by atoms with Crippen molar-refractivity contribution in [1.82, 2.24) is 5.32 Å². The van der Waals surface area contributed by atoms with Gasteiger partial charge in [0.25, 0.3) is 0 Å². The highest BCUT2D eigenvalue weighted by Crippen LogP contribution is 2.35. The van der Waals surface area contributed by atoms with Gasteiger partial charge in [-0.15, -0.1) is 0 Å². The maximum Gasteiger partial charge on any atom is 0.416 e. The van der Waals surface area contributed by atoms with Gasteiger partial charge in [-0.05, 0) is 61.1 Å². The molecule has 0 radical (unpaired) electrons. The Balaban J connectivity index is 1.75. The molecule has 1 heterocycles. The van der Waals surface area contributed by atoms with E-state index >= 15 is 0 Å². The number of halogens is 4. The first-order valence-corrected chi connectivity index (χ1v) is 13.1. The van der Waals surface area contributed by atoms with Crippen molar-refractivity contribution in [3.63, 3.8) is 0 Å². The topological polar surface area (TPSA) is 78.5 Å². The molecule has 35 heavy (non-hydrogen) atoms. The van der Waals surface area contributed by atoms with E-state index in [0.29, 0.717) is 35.8 Å². The van der Waals surface area contributed by atoms with Crippen LogP contribution >= 0.6 is 0 Å². The van der Waals surface area contributed by atoms with Crippen molar-refractivity contribution in [2.75, 3.05) is 29.0 Å². The lowest BCUT2D eigenvalue weighted by molar-refractivity contribution is -0.137. The number of hydrogen-bond acceptors (Lipinski definition) is 4. The van der Waals surface area contributed by atoms with E-state index in [-0.39, 0.29) is 12.2 Å². The second-order valence-corrected chi connectivity index (χ2v) is 10.8. The van der Waals surface area contributed by atoms with Crippen LogP contribution < -0.4 is 14.9 Å². The minimum Gasteiger partial charge on any atom is -0.371 e. The molecule has 0 unspecified atom stereocenters. The predicted molar refractivity (Wildman–Crippen MR) is 127 cm³/mol. The molecule has 0 spiro atoms. The Bertz CT molecular complexity index is 1180. The highest BCUT2D eigenvalue weighted by atomic mass is 32.2. The summed E-state index contributed by atoms with van der Waals surface area (Å²) in [7, 11) is -3.66. The standard InChI is InChI=1S/C24H29F4N3O3S/c1-15-8-10-31(11-9-15)22-13-19(24(26,27)28)6-4-18(22)14-29-23(32)16(2)17-5-7-21(20(25)12-17)30-35(3,33)34/h4-7,12-13,15-16,30H,8-11,14H2,1-3H3,(H,29,32)/t16-/m1/s1. The molecule has 1 aliphatic heterocycles. The normalized spacial score (nSPS) is 16.1. The average Bonchev–Trinajstić information content (AvgIpc) is 2.77. The van der Waals surface area contributed by atoms with Crippen molar-refractivity contribution < 1.29 is 30.8 Å². The van der Waals surface area contributed by atoms with E-state index in [0.717, 1.165) is 37.3 Å².